The zero-order valence-electron chi connectivity index (χ0n) is 6.22. The Kier molecular flexibility index (Phi) is 2.73. The van der Waals surface area contributed by atoms with E-state index in [1.165, 1.54) is 0 Å². The molecule has 4 heteroatoms. The van der Waals surface area contributed by atoms with Gasteiger partial charge in [-0.25, -0.2) is 8.78 Å². The molecule has 0 radical (unpaired) electrons. The van der Waals surface area contributed by atoms with E-state index in [9.17, 15) is 8.78 Å². The molecule has 2 nitrogen and oxygen atoms in total. The average molecular weight is 174 g/mol. The summed E-state index contributed by atoms with van der Waals surface area (Å²) in [4.78, 5) is 0. The van der Waals surface area contributed by atoms with Gasteiger partial charge in [-0.1, -0.05) is 0 Å². The molecule has 0 aliphatic heterocycles. The minimum Gasteiger partial charge on any atom is -0.392 e. The van der Waals surface area contributed by atoms with Crippen LogP contribution in [0.1, 0.15) is 11.1 Å². The zero-order chi connectivity index (χ0) is 9.14. The van der Waals surface area contributed by atoms with E-state index in [1.807, 2.05) is 0 Å². The summed E-state index contributed by atoms with van der Waals surface area (Å²) in [7, 11) is 0. The van der Waals surface area contributed by atoms with Crippen molar-refractivity contribution in [3.8, 4) is 0 Å². The summed E-state index contributed by atoms with van der Waals surface area (Å²) in [5, 5.41) is 17.1. The van der Waals surface area contributed by atoms with Crippen LogP contribution in [0.2, 0.25) is 0 Å². The van der Waals surface area contributed by atoms with E-state index in [2.05, 4.69) is 0 Å². The second kappa shape index (κ2) is 3.60. The summed E-state index contributed by atoms with van der Waals surface area (Å²) < 4.78 is 25.6. The minimum atomic E-state index is -0.832. The monoisotopic (exact) mass is 174 g/mol. The molecular weight excluding hydrogens is 166 g/mol. The third-order valence-corrected chi connectivity index (χ3v) is 1.54. The van der Waals surface area contributed by atoms with Gasteiger partial charge in [0, 0.05) is 5.56 Å². The third-order valence-electron chi connectivity index (χ3n) is 1.54. The lowest BCUT2D eigenvalue weighted by Crippen LogP contribution is -1.97. The minimum absolute atomic E-state index is 0.155. The Bertz CT molecular complexity index is 263. The maximum Gasteiger partial charge on any atom is 0.132 e. The van der Waals surface area contributed by atoms with Crippen LogP contribution in [-0.4, -0.2) is 10.2 Å². The van der Waals surface area contributed by atoms with Crippen LogP contribution < -0.4 is 0 Å². The van der Waals surface area contributed by atoms with Crippen molar-refractivity contribution in [3.63, 3.8) is 0 Å². The van der Waals surface area contributed by atoms with E-state index in [4.69, 9.17) is 10.2 Å². The van der Waals surface area contributed by atoms with Gasteiger partial charge in [0.05, 0.1) is 13.2 Å². The van der Waals surface area contributed by atoms with Crippen molar-refractivity contribution in [2.75, 3.05) is 0 Å². The van der Waals surface area contributed by atoms with Crippen molar-refractivity contribution in [1.82, 2.24) is 0 Å². The van der Waals surface area contributed by atoms with Gasteiger partial charge in [0.15, 0.2) is 0 Å². The van der Waals surface area contributed by atoms with Gasteiger partial charge in [0.2, 0.25) is 0 Å². The van der Waals surface area contributed by atoms with E-state index in [0.717, 1.165) is 12.1 Å². The summed E-state index contributed by atoms with van der Waals surface area (Å²) in [6.45, 7) is -1.09. The Morgan fingerprint density at radius 1 is 1.00 bits per heavy atom. The lowest BCUT2D eigenvalue weighted by molar-refractivity contribution is 0.265. The molecule has 0 bridgehead atoms. The predicted molar refractivity (Wildman–Crippen MR) is 38.2 cm³/mol. The molecule has 0 atom stereocenters. The first-order valence-electron chi connectivity index (χ1n) is 3.37. The Morgan fingerprint density at radius 2 is 1.50 bits per heavy atom. The first-order valence-corrected chi connectivity index (χ1v) is 3.37. The van der Waals surface area contributed by atoms with E-state index >= 15 is 0 Å². The molecule has 0 aromatic heterocycles. The van der Waals surface area contributed by atoms with Crippen LogP contribution >= 0.6 is 0 Å². The maximum absolute atomic E-state index is 12.8. The number of rotatable bonds is 2. The van der Waals surface area contributed by atoms with Crippen LogP contribution in [0.5, 0.6) is 0 Å². The molecule has 0 amide bonds. The average Bonchev–Trinajstić information content (AvgIpc) is 2.03. The van der Waals surface area contributed by atoms with Gasteiger partial charge >= 0.3 is 0 Å². The third kappa shape index (κ3) is 1.60. The molecule has 0 fully saturated rings. The van der Waals surface area contributed by atoms with Gasteiger partial charge in [-0.15, -0.1) is 0 Å². The summed E-state index contributed by atoms with van der Waals surface area (Å²) in [6.07, 6.45) is 0. The van der Waals surface area contributed by atoms with Gasteiger partial charge in [-0.3, -0.25) is 0 Å². The summed E-state index contributed by atoms with van der Waals surface area (Å²) in [5.74, 6) is -1.66. The topological polar surface area (TPSA) is 40.5 Å². The molecule has 2 N–H and O–H groups in total. The van der Waals surface area contributed by atoms with Crippen molar-refractivity contribution in [2.24, 2.45) is 0 Å². The molecule has 1 aromatic rings. The standard InChI is InChI=1S/C8H8F2O2/c9-7-1-5(3-11)2-8(10)6(7)4-12/h1-2,11-12H,3-4H2. The predicted octanol–water partition coefficient (Wildman–Crippen LogP) is 0.949. The van der Waals surface area contributed by atoms with Crippen molar-refractivity contribution in [1.29, 1.82) is 0 Å². The highest BCUT2D eigenvalue weighted by molar-refractivity contribution is 5.25. The molecule has 1 rings (SSSR count). The van der Waals surface area contributed by atoms with Gasteiger partial charge in [-0.05, 0) is 17.7 Å². The Morgan fingerprint density at radius 3 is 1.83 bits per heavy atom. The van der Waals surface area contributed by atoms with Crippen LogP contribution in [0.3, 0.4) is 0 Å². The normalized spacial score (nSPS) is 10.3. The molecule has 66 valence electrons. The van der Waals surface area contributed by atoms with Crippen molar-refractivity contribution >= 4 is 0 Å². The summed E-state index contributed by atoms with van der Waals surface area (Å²) in [6, 6.07) is 1.99. The van der Waals surface area contributed by atoms with Gasteiger partial charge < -0.3 is 10.2 Å². The second-order valence-corrected chi connectivity index (χ2v) is 2.35. The van der Waals surface area contributed by atoms with Gasteiger partial charge in [-0.2, -0.15) is 0 Å². The summed E-state index contributed by atoms with van der Waals surface area (Å²) in [5.41, 5.74) is -0.214. The van der Waals surface area contributed by atoms with E-state index in [1.54, 1.807) is 0 Å². The van der Waals surface area contributed by atoms with E-state index in [0.29, 0.717) is 0 Å². The smallest absolute Gasteiger partial charge is 0.132 e. The molecule has 0 unspecified atom stereocenters. The highest BCUT2D eigenvalue weighted by atomic mass is 19.1. The molecule has 1 aromatic carbocycles. The molecule has 0 heterocycles. The number of aliphatic hydroxyl groups is 2. The van der Waals surface area contributed by atoms with Crippen LogP contribution in [-0.2, 0) is 13.2 Å². The number of hydrogen-bond donors (Lipinski definition) is 2. The molecule has 0 aliphatic rings. The molecule has 12 heavy (non-hydrogen) atoms. The first kappa shape index (κ1) is 9.09. The zero-order valence-corrected chi connectivity index (χ0v) is 6.22. The maximum atomic E-state index is 12.8. The van der Waals surface area contributed by atoms with Crippen LogP contribution in [0.15, 0.2) is 12.1 Å². The van der Waals surface area contributed by atoms with Crippen molar-refractivity contribution in [2.45, 2.75) is 13.2 Å². The molecule has 0 saturated heterocycles. The first-order chi connectivity index (χ1) is 5.69. The van der Waals surface area contributed by atoms with Crippen LogP contribution in [0, 0.1) is 11.6 Å². The fourth-order valence-corrected chi connectivity index (χ4v) is 0.898. The van der Waals surface area contributed by atoms with Gasteiger partial charge in [0.25, 0.3) is 0 Å². The highest BCUT2D eigenvalue weighted by Gasteiger charge is 2.08. The Balaban J connectivity index is 3.18. The largest absolute Gasteiger partial charge is 0.392 e. The Hall–Kier alpha value is -1.00. The lowest BCUT2D eigenvalue weighted by atomic mass is 10.1. The molecule has 0 aliphatic carbocycles. The van der Waals surface area contributed by atoms with Crippen molar-refractivity contribution < 1.29 is 19.0 Å². The van der Waals surface area contributed by atoms with Gasteiger partial charge in [0.1, 0.15) is 11.6 Å². The Labute approximate surface area is 68.1 Å². The second-order valence-electron chi connectivity index (χ2n) is 2.35. The number of aliphatic hydroxyl groups excluding tert-OH is 2. The molecular formula is C8H8F2O2. The fourth-order valence-electron chi connectivity index (χ4n) is 0.898. The van der Waals surface area contributed by atoms with Crippen LogP contribution in [0.4, 0.5) is 8.78 Å². The molecule has 0 saturated carbocycles. The quantitative estimate of drug-likeness (QED) is 0.700. The van der Waals surface area contributed by atoms with Crippen molar-refractivity contribution in [3.05, 3.63) is 34.9 Å². The number of hydrogen-bond acceptors (Lipinski definition) is 2. The number of benzene rings is 1. The van der Waals surface area contributed by atoms with E-state index < -0.39 is 24.8 Å². The van der Waals surface area contributed by atoms with E-state index in [-0.39, 0.29) is 11.1 Å². The highest BCUT2D eigenvalue weighted by Crippen LogP contribution is 2.15. The SMILES string of the molecule is OCc1cc(F)c(CO)c(F)c1. The summed E-state index contributed by atoms with van der Waals surface area (Å²) >= 11 is 0. The molecule has 0 spiro atoms. The lowest BCUT2D eigenvalue weighted by Gasteiger charge is -2.03. The fraction of sp³-hybridized carbons (Fsp3) is 0.250. The number of halogens is 2. The van der Waals surface area contributed by atoms with Crippen LogP contribution in [0.25, 0.3) is 0 Å².